The Morgan fingerprint density at radius 2 is 1.94 bits per heavy atom. The highest BCUT2D eigenvalue weighted by molar-refractivity contribution is 5.72. The molecule has 6 rings (SSSR count). The molecule has 2 aliphatic rings. The molecule has 2 atom stereocenters. The van der Waals surface area contributed by atoms with Crippen LogP contribution in [0.5, 0.6) is 0 Å². The Bertz CT molecular complexity index is 1330. The first-order valence-corrected chi connectivity index (χ1v) is 11.8. The van der Waals surface area contributed by atoms with Gasteiger partial charge in [-0.2, -0.15) is 0 Å². The van der Waals surface area contributed by atoms with E-state index in [1.54, 1.807) is 0 Å². The second kappa shape index (κ2) is 8.42. The molecule has 1 saturated heterocycles. The summed E-state index contributed by atoms with van der Waals surface area (Å²) in [5.41, 5.74) is 6.51. The van der Waals surface area contributed by atoms with E-state index in [0.717, 1.165) is 53.5 Å². The number of anilines is 1. The van der Waals surface area contributed by atoms with Crippen LogP contribution < -0.4 is 10.2 Å². The third-order valence-electron chi connectivity index (χ3n) is 7.14. The van der Waals surface area contributed by atoms with E-state index >= 15 is 0 Å². The maximum atomic E-state index is 13.4. The summed E-state index contributed by atoms with van der Waals surface area (Å²) in [7, 11) is 1.95. The van der Waals surface area contributed by atoms with E-state index in [1.807, 2.05) is 31.6 Å². The summed E-state index contributed by atoms with van der Waals surface area (Å²) in [5.74, 6) is 0.936. The zero-order chi connectivity index (χ0) is 23.2. The Balaban J connectivity index is 1.36. The van der Waals surface area contributed by atoms with Gasteiger partial charge in [0.15, 0.2) is 5.82 Å². The molecule has 0 radical (unpaired) electrons. The monoisotopic (exact) mass is 457 g/mol. The average molecular weight is 458 g/mol. The van der Waals surface area contributed by atoms with Crippen LogP contribution in [0.3, 0.4) is 0 Å². The summed E-state index contributed by atoms with van der Waals surface area (Å²) in [6.45, 7) is 3.15. The first-order valence-electron chi connectivity index (χ1n) is 11.8. The molecule has 0 bridgehead atoms. The van der Waals surface area contributed by atoms with Gasteiger partial charge in [-0.05, 0) is 67.5 Å². The number of aliphatic hydroxyl groups excluding tert-OH is 1. The Morgan fingerprint density at radius 1 is 1.09 bits per heavy atom. The van der Waals surface area contributed by atoms with Crippen LogP contribution >= 0.6 is 0 Å². The Hall–Kier alpha value is -3.42. The predicted octanol–water partition coefficient (Wildman–Crippen LogP) is 3.92. The molecule has 2 aromatic heterocycles. The molecule has 6 nitrogen and oxygen atoms in total. The fourth-order valence-corrected chi connectivity index (χ4v) is 5.31. The van der Waals surface area contributed by atoms with E-state index in [-0.39, 0.29) is 17.8 Å². The number of aromatic nitrogens is 3. The zero-order valence-corrected chi connectivity index (χ0v) is 19.2. The normalized spacial score (nSPS) is 19.0. The molecule has 0 saturated carbocycles. The van der Waals surface area contributed by atoms with Crippen molar-refractivity contribution in [2.24, 2.45) is 5.92 Å². The smallest absolute Gasteiger partial charge is 0.161 e. The number of imidazole rings is 1. The van der Waals surface area contributed by atoms with Gasteiger partial charge < -0.3 is 19.9 Å². The molecular formula is C27H28FN5O. The van der Waals surface area contributed by atoms with Gasteiger partial charge in [0.1, 0.15) is 5.82 Å². The molecule has 0 spiro atoms. The lowest BCUT2D eigenvalue weighted by atomic mass is 10.0. The molecule has 174 valence electrons. The number of rotatable bonds is 5. The predicted molar refractivity (Wildman–Crippen MR) is 132 cm³/mol. The summed E-state index contributed by atoms with van der Waals surface area (Å²) < 4.78 is 17.8. The van der Waals surface area contributed by atoms with E-state index in [2.05, 4.69) is 54.8 Å². The number of nitrogens with one attached hydrogen (secondary N) is 1. The minimum atomic E-state index is -0.304. The summed E-state index contributed by atoms with van der Waals surface area (Å²) in [6.07, 6.45) is 6.62. The van der Waals surface area contributed by atoms with Crippen molar-refractivity contribution in [3.63, 3.8) is 0 Å². The molecule has 4 aromatic rings. The first-order chi connectivity index (χ1) is 16.6. The molecule has 2 aliphatic heterocycles. The highest BCUT2D eigenvalue weighted by atomic mass is 19.1. The fourth-order valence-electron chi connectivity index (χ4n) is 5.31. The largest absolute Gasteiger partial charge is 0.391 e. The number of halogens is 1. The quantitative estimate of drug-likeness (QED) is 0.420. The van der Waals surface area contributed by atoms with Crippen molar-refractivity contribution >= 4 is 5.69 Å². The molecule has 34 heavy (non-hydrogen) atoms. The molecule has 1 fully saturated rings. The van der Waals surface area contributed by atoms with Crippen LogP contribution in [-0.4, -0.2) is 52.0 Å². The van der Waals surface area contributed by atoms with Gasteiger partial charge in [0.25, 0.3) is 0 Å². The van der Waals surface area contributed by atoms with Crippen LogP contribution in [-0.2, 0) is 6.54 Å². The Kier molecular flexibility index (Phi) is 5.23. The fraction of sp³-hybridized carbons (Fsp3) is 0.296. The number of fused-ring (bicyclic) bond motifs is 5. The maximum Gasteiger partial charge on any atom is 0.161 e. The van der Waals surface area contributed by atoms with Crippen molar-refractivity contribution < 1.29 is 9.50 Å². The summed E-state index contributed by atoms with van der Waals surface area (Å²) in [4.78, 5) is 6.96. The van der Waals surface area contributed by atoms with Crippen LogP contribution in [0.2, 0.25) is 0 Å². The first kappa shape index (κ1) is 21.1. The molecular weight excluding hydrogens is 429 g/mol. The molecule has 0 amide bonds. The van der Waals surface area contributed by atoms with Crippen LogP contribution in [0.1, 0.15) is 12.0 Å². The van der Waals surface area contributed by atoms with Crippen LogP contribution in [0.25, 0.3) is 28.3 Å². The zero-order valence-electron chi connectivity index (χ0n) is 19.2. The number of hydrogen-bond acceptors (Lipinski definition) is 4. The highest BCUT2D eigenvalue weighted by Gasteiger charge is 2.31. The molecule has 0 aliphatic carbocycles. The van der Waals surface area contributed by atoms with Crippen molar-refractivity contribution in [3.8, 4) is 28.3 Å². The third-order valence-corrected chi connectivity index (χ3v) is 7.14. The molecule has 0 unspecified atom stereocenters. The Labute approximate surface area is 198 Å². The van der Waals surface area contributed by atoms with Gasteiger partial charge in [0.2, 0.25) is 0 Å². The van der Waals surface area contributed by atoms with Gasteiger partial charge in [-0.25, -0.2) is 9.37 Å². The van der Waals surface area contributed by atoms with Crippen LogP contribution in [0, 0.1) is 11.7 Å². The number of β-amino-alcohol motifs (C(OH)–C–C–N with tert-alkyl or cyclic N) is 1. The lowest BCUT2D eigenvalue weighted by Gasteiger charge is -2.21. The summed E-state index contributed by atoms with van der Waals surface area (Å²) in [6, 6.07) is 15.3. The molecule has 2 aromatic carbocycles. The minimum absolute atomic E-state index is 0.234. The van der Waals surface area contributed by atoms with Crippen molar-refractivity contribution in [3.05, 3.63) is 78.5 Å². The Morgan fingerprint density at radius 3 is 2.76 bits per heavy atom. The number of aliphatic hydroxyl groups is 1. The summed E-state index contributed by atoms with van der Waals surface area (Å²) in [5, 5.41) is 13.8. The topological polar surface area (TPSA) is 58.2 Å². The molecule has 4 heterocycles. The highest BCUT2D eigenvalue weighted by Crippen LogP contribution is 2.36. The van der Waals surface area contributed by atoms with Gasteiger partial charge in [0.05, 0.1) is 17.5 Å². The summed E-state index contributed by atoms with van der Waals surface area (Å²) >= 11 is 0. The van der Waals surface area contributed by atoms with E-state index in [1.165, 1.54) is 17.7 Å². The second-order valence-corrected chi connectivity index (χ2v) is 9.31. The number of nitrogens with zero attached hydrogens (tertiary/aromatic N) is 4. The third kappa shape index (κ3) is 3.61. The lowest BCUT2D eigenvalue weighted by Crippen LogP contribution is -2.22. The van der Waals surface area contributed by atoms with Crippen molar-refractivity contribution in [1.82, 2.24) is 19.4 Å². The number of benzene rings is 2. The standard InChI is InChI=1S/C27H28FN5O/c1-29-9-8-19-14-31(17-26(19)34)23-6-7-24-21(12-23)16-32-15-20(18-2-4-22(28)5-3-18)13-25(32)27-30-10-11-33(24)27/h2-7,10-13,15,19,26,29,34H,8-9,14,16-17H2,1H3/t19-,26-/m1/s1. The van der Waals surface area contributed by atoms with E-state index in [9.17, 15) is 9.50 Å². The van der Waals surface area contributed by atoms with Crippen molar-refractivity contribution in [2.75, 3.05) is 31.6 Å². The van der Waals surface area contributed by atoms with Crippen molar-refractivity contribution in [2.45, 2.75) is 19.1 Å². The SMILES string of the molecule is CNCC[C@@H]1CN(c2ccc3c(c2)Cn2cc(-c4ccc(F)cc4)cc2-c2nccn2-3)C[C@H]1O. The van der Waals surface area contributed by atoms with Gasteiger partial charge >= 0.3 is 0 Å². The second-order valence-electron chi connectivity index (χ2n) is 9.31. The van der Waals surface area contributed by atoms with Gasteiger partial charge in [-0.15, -0.1) is 0 Å². The number of hydrogen-bond donors (Lipinski definition) is 2. The minimum Gasteiger partial charge on any atom is -0.391 e. The van der Waals surface area contributed by atoms with Gasteiger partial charge in [-0.3, -0.25) is 4.57 Å². The lowest BCUT2D eigenvalue weighted by molar-refractivity contribution is 0.143. The van der Waals surface area contributed by atoms with Crippen LogP contribution in [0.4, 0.5) is 10.1 Å². The van der Waals surface area contributed by atoms with Crippen LogP contribution in [0.15, 0.2) is 67.1 Å². The molecule has 2 N–H and O–H groups in total. The molecule has 7 heteroatoms. The van der Waals surface area contributed by atoms with Crippen molar-refractivity contribution in [1.29, 1.82) is 0 Å². The van der Waals surface area contributed by atoms with E-state index < -0.39 is 0 Å². The van der Waals surface area contributed by atoms with E-state index in [0.29, 0.717) is 13.1 Å². The van der Waals surface area contributed by atoms with Gasteiger partial charge in [0, 0.05) is 55.4 Å². The maximum absolute atomic E-state index is 13.4. The van der Waals surface area contributed by atoms with Gasteiger partial charge in [-0.1, -0.05) is 12.1 Å². The average Bonchev–Trinajstić information content (AvgIpc) is 3.55. The van der Waals surface area contributed by atoms with E-state index in [4.69, 9.17) is 0 Å².